The van der Waals surface area contributed by atoms with E-state index < -0.39 is 24.5 Å². The lowest BCUT2D eigenvalue weighted by Gasteiger charge is -2.45. The maximum absolute atomic E-state index is 6.57. The summed E-state index contributed by atoms with van der Waals surface area (Å²) in [7, 11) is 0. The van der Waals surface area contributed by atoms with Gasteiger partial charge in [-0.3, -0.25) is 0 Å². The second kappa shape index (κ2) is 9.43. The van der Waals surface area contributed by atoms with Crippen molar-refractivity contribution in [2.24, 2.45) is 0 Å². The maximum Gasteiger partial charge on any atom is 0.193 e. The van der Waals surface area contributed by atoms with E-state index in [0.29, 0.717) is 13.2 Å². The molecule has 0 aromatic heterocycles. The Morgan fingerprint density at radius 1 is 0.969 bits per heavy atom. The van der Waals surface area contributed by atoms with Crippen LogP contribution < -0.4 is 0 Å². The van der Waals surface area contributed by atoms with Crippen molar-refractivity contribution in [1.82, 2.24) is 0 Å². The molecule has 3 aliphatic heterocycles. The second-order valence-corrected chi connectivity index (χ2v) is 8.50. The van der Waals surface area contributed by atoms with Crippen molar-refractivity contribution in [3.8, 4) is 0 Å². The van der Waals surface area contributed by atoms with Crippen LogP contribution >= 0.6 is 0 Å². The molecule has 2 unspecified atom stereocenters. The smallest absolute Gasteiger partial charge is 0.193 e. The molecule has 0 saturated carbocycles. The van der Waals surface area contributed by atoms with Gasteiger partial charge in [-0.1, -0.05) is 66.7 Å². The van der Waals surface area contributed by atoms with E-state index in [0.717, 1.165) is 24.0 Å². The van der Waals surface area contributed by atoms with Gasteiger partial charge in [-0.15, -0.1) is 6.58 Å². The van der Waals surface area contributed by atoms with Crippen molar-refractivity contribution in [2.75, 3.05) is 13.2 Å². The summed E-state index contributed by atoms with van der Waals surface area (Å²) in [6, 6.07) is 19.9. The van der Waals surface area contributed by atoms with Gasteiger partial charge in [-0.2, -0.15) is 0 Å². The van der Waals surface area contributed by atoms with Gasteiger partial charge < -0.3 is 28.4 Å². The van der Waals surface area contributed by atoms with Crippen molar-refractivity contribution in [3.05, 3.63) is 84.4 Å². The Balaban J connectivity index is 1.38. The lowest BCUT2D eigenvalue weighted by atomic mass is 9.98. The molecule has 0 aliphatic carbocycles. The van der Waals surface area contributed by atoms with Crippen molar-refractivity contribution in [1.29, 1.82) is 0 Å². The van der Waals surface area contributed by atoms with Crippen LogP contribution in [0.5, 0.6) is 0 Å². The highest BCUT2D eigenvalue weighted by molar-refractivity contribution is 5.22. The topological polar surface area (TPSA) is 55.4 Å². The Morgan fingerprint density at radius 2 is 1.69 bits per heavy atom. The first-order chi connectivity index (χ1) is 15.7. The number of fused-ring (bicyclic) bond motifs is 3. The highest BCUT2D eigenvalue weighted by Crippen LogP contribution is 2.46. The Hall–Kier alpha value is -2.06. The molecular formula is C26H30O6. The van der Waals surface area contributed by atoms with Crippen LogP contribution in [-0.4, -0.2) is 43.9 Å². The number of allylic oxidation sites excluding steroid dienone is 1. The van der Waals surface area contributed by atoms with Crippen LogP contribution in [0, 0.1) is 0 Å². The summed E-state index contributed by atoms with van der Waals surface area (Å²) >= 11 is 0. The highest BCUT2D eigenvalue weighted by Gasteiger charge is 2.59. The zero-order valence-electron chi connectivity index (χ0n) is 18.3. The van der Waals surface area contributed by atoms with Crippen LogP contribution in [0.2, 0.25) is 0 Å². The van der Waals surface area contributed by atoms with Gasteiger partial charge in [0.1, 0.15) is 24.4 Å². The predicted octanol–water partition coefficient (Wildman–Crippen LogP) is 4.47. The Bertz CT molecular complexity index is 890. The molecule has 0 amide bonds. The van der Waals surface area contributed by atoms with Gasteiger partial charge >= 0.3 is 0 Å². The number of benzene rings is 2. The summed E-state index contributed by atoms with van der Waals surface area (Å²) in [6.07, 6.45) is 1.21. The van der Waals surface area contributed by atoms with Crippen molar-refractivity contribution < 1.29 is 28.4 Å². The predicted molar refractivity (Wildman–Crippen MR) is 118 cm³/mol. The minimum absolute atomic E-state index is 0.303. The van der Waals surface area contributed by atoms with Crippen molar-refractivity contribution in [3.63, 3.8) is 0 Å². The Morgan fingerprint density at radius 3 is 2.44 bits per heavy atom. The van der Waals surface area contributed by atoms with Gasteiger partial charge in [-0.05, 0) is 19.8 Å². The van der Waals surface area contributed by atoms with E-state index in [1.54, 1.807) is 0 Å². The van der Waals surface area contributed by atoms with E-state index in [1.807, 2.05) is 73.7 Å². The third-order valence-electron chi connectivity index (χ3n) is 6.21. The fraction of sp³-hybridized carbons (Fsp3) is 0.462. The minimum Gasteiger partial charge on any atom is -0.350 e. The largest absolute Gasteiger partial charge is 0.350 e. The van der Waals surface area contributed by atoms with Gasteiger partial charge in [0.05, 0.1) is 13.2 Å². The van der Waals surface area contributed by atoms with E-state index >= 15 is 0 Å². The average molecular weight is 439 g/mol. The molecule has 2 aromatic carbocycles. The van der Waals surface area contributed by atoms with Crippen molar-refractivity contribution >= 4 is 0 Å². The lowest BCUT2D eigenvalue weighted by Crippen LogP contribution is -2.61. The summed E-state index contributed by atoms with van der Waals surface area (Å²) in [5.41, 5.74) is 1.91. The molecule has 32 heavy (non-hydrogen) atoms. The monoisotopic (exact) mass is 438 g/mol. The maximum atomic E-state index is 6.57. The summed E-state index contributed by atoms with van der Waals surface area (Å²) in [5, 5.41) is 0. The van der Waals surface area contributed by atoms with Gasteiger partial charge in [0.25, 0.3) is 0 Å². The van der Waals surface area contributed by atoms with Gasteiger partial charge in [0, 0.05) is 11.1 Å². The second-order valence-electron chi connectivity index (χ2n) is 8.50. The van der Waals surface area contributed by atoms with Crippen LogP contribution in [0.25, 0.3) is 0 Å². The number of ether oxygens (including phenoxy) is 6. The fourth-order valence-corrected chi connectivity index (χ4v) is 4.57. The van der Waals surface area contributed by atoms with Gasteiger partial charge in [0.2, 0.25) is 0 Å². The molecule has 170 valence electrons. The molecule has 3 aliphatic rings. The summed E-state index contributed by atoms with van der Waals surface area (Å²) in [5.74, 6) is -0.915. The summed E-state index contributed by atoms with van der Waals surface area (Å²) < 4.78 is 37.8. The molecule has 0 bridgehead atoms. The molecule has 3 saturated heterocycles. The van der Waals surface area contributed by atoms with Gasteiger partial charge in [-0.25, -0.2) is 0 Å². The molecule has 6 nitrogen and oxygen atoms in total. The Kier molecular flexibility index (Phi) is 6.42. The Labute approximate surface area is 189 Å². The molecule has 5 rings (SSSR count). The zero-order chi connectivity index (χ0) is 22.0. The highest BCUT2D eigenvalue weighted by atomic mass is 16.8. The molecule has 3 heterocycles. The van der Waals surface area contributed by atoms with Crippen LogP contribution in [0.15, 0.2) is 73.3 Å². The van der Waals surface area contributed by atoms with Gasteiger partial charge in [0.15, 0.2) is 18.4 Å². The van der Waals surface area contributed by atoms with Crippen LogP contribution in [0.4, 0.5) is 0 Å². The normalized spacial score (nSPS) is 36.3. The quantitative estimate of drug-likeness (QED) is 0.470. The zero-order valence-corrected chi connectivity index (χ0v) is 18.3. The number of unbranched alkanes of at least 4 members (excludes halogenated alkanes) is 1. The third kappa shape index (κ3) is 4.27. The molecule has 2 aromatic rings. The fourth-order valence-electron chi connectivity index (χ4n) is 4.57. The summed E-state index contributed by atoms with van der Waals surface area (Å²) in [4.78, 5) is 0. The number of hydrogen-bond donors (Lipinski definition) is 0. The first-order valence-corrected chi connectivity index (χ1v) is 11.3. The number of rotatable bonds is 7. The molecule has 6 heteroatoms. The lowest BCUT2D eigenvalue weighted by molar-refractivity contribution is -0.346. The van der Waals surface area contributed by atoms with E-state index in [1.165, 1.54) is 0 Å². The van der Waals surface area contributed by atoms with Crippen molar-refractivity contribution in [2.45, 2.75) is 62.5 Å². The number of hydrogen-bond acceptors (Lipinski definition) is 6. The van der Waals surface area contributed by atoms with E-state index in [4.69, 9.17) is 28.4 Å². The standard InChI is InChI=1S/C26H30O6/c1-3-4-11-16-27-25-23-22(31-26(2,32-23)19-14-9-6-10-15-19)21-20(29-25)17-28-24(30-21)18-12-7-5-8-13-18/h3,5-10,12-15,20-25H,1,4,11,16-17H2,2H3/t20-,21-,22+,23+,24?,25+,26?/m1/s1. The van der Waals surface area contributed by atoms with E-state index in [-0.39, 0.29) is 18.3 Å². The first kappa shape index (κ1) is 21.8. The first-order valence-electron chi connectivity index (χ1n) is 11.3. The molecule has 7 atom stereocenters. The minimum atomic E-state index is -0.915. The average Bonchev–Trinajstić information content (AvgIpc) is 3.22. The third-order valence-corrected chi connectivity index (χ3v) is 6.21. The molecule has 0 spiro atoms. The molecular weight excluding hydrogens is 408 g/mol. The van der Waals surface area contributed by atoms with E-state index in [2.05, 4.69) is 6.58 Å². The van der Waals surface area contributed by atoms with Crippen LogP contribution in [0.1, 0.15) is 37.2 Å². The van der Waals surface area contributed by atoms with E-state index in [9.17, 15) is 0 Å². The van der Waals surface area contributed by atoms with Crippen LogP contribution in [0.3, 0.4) is 0 Å². The molecule has 3 fully saturated rings. The summed E-state index contributed by atoms with van der Waals surface area (Å²) in [6.45, 7) is 6.66. The molecule has 0 N–H and O–H groups in total. The molecule has 0 radical (unpaired) electrons. The van der Waals surface area contributed by atoms with Crippen LogP contribution in [-0.2, 0) is 34.2 Å². The SMILES string of the molecule is C=CCCCO[C@H]1O[C@@H]2COC(c3ccccc3)O[C@H]2[C@@H]2OC(C)(c3ccccc3)O[C@H]12.